The summed E-state index contributed by atoms with van der Waals surface area (Å²) in [6.45, 7) is 6.85. The van der Waals surface area contributed by atoms with E-state index in [1.165, 1.54) is 22.4 Å². The first kappa shape index (κ1) is 21.5. The van der Waals surface area contributed by atoms with Crippen molar-refractivity contribution in [3.8, 4) is 0 Å². The Balaban J connectivity index is 1.72. The average Bonchev–Trinajstić information content (AvgIpc) is 2.69. The third-order valence-corrected chi connectivity index (χ3v) is 4.90. The van der Waals surface area contributed by atoms with E-state index in [1.54, 1.807) is 30.5 Å². The van der Waals surface area contributed by atoms with Gasteiger partial charge in [-0.25, -0.2) is 5.43 Å². The van der Waals surface area contributed by atoms with Gasteiger partial charge in [-0.2, -0.15) is 5.10 Å². The fraction of sp³-hybridized carbons (Fsp3) is 0.208. The lowest BCUT2D eigenvalue weighted by Gasteiger charge is -2.19. The van der Waals surface area contributed by atoms with Gasteiger partial charge in [-0.15, -0.1) is 0 Å². The fourth-order valence-corrected chi connectivity index (χ4v) is 3.15. The van der Waals surface area contributed by atoms with Crippen LogP contribution >= 0.6 is 11.6 Å². The van der Waals surface area contributed by atoms with E-state index in [4.69, 9.17) is 11.6 Å². The maximum absolute atomic E-state index is 12.8. The van der Waals surface area contributed by atoms with Crippen molar-refractivity contribution in [3.05, 3.63) is 104 Å². The van der Waals surface area contributed by atoms with Gasteiger partial charge in [0.1, 0.15) is 5.56 Å². The van der Waals surface area contributed by atoms with Crippen LogP contribution in [0.25, 0.3) is 0 Å². The minimum absolute atomic E-state index is 0.0343. The van der Waals surface area contributed by atoms with E-state index in [0.717, 1.165) is 11.1 Å². The number of amides is 1. The van der Waals surface area contributed by atoms with Crippen molar-refractivity contribution in [1.29, 1.82) is 0 Å². The van der Waals surface area contributed by atoms with Crippen molar-refractivity contribution in [2.24, 2.45) is 5.10 Å². The van der Waals surface area contributed by atoms with Crippen LogP contribution in [0.2, 0.25) is 5.02 Å². The molecule has 1 N–H and O–H groups in total. The van der Waals surface area contributed by atoms with E-state index in [-0.39, 0.29) is 16.5 Å². The second-order valence-corrected chi connectivity index (χ2v) is 8.49. The number of nitrogens with zero attached hydrogens (tertiary/aromatic N) is 2. The predicted molar refractivity (Wildman–Crippen MR) is 121 cm³/mol. The van der Waals surface area contributed by atoms with Crippen molar-refractivity contribution in [2.75, 3.05) is 0 Å². The molecule has 0 aliphatic rings. The monoisotopic (exact) mass is 421 g/mol. The normalized spacial score (nSPS) is 11.6. The van der Waals surface area contributed by atoms with Crippen LogP contribution in [0.1, 0.15) is 47.8 Å². The van der Waals surface area contributed by atoms with Crippen LogP contribution in [0.5, 0.6) is 0 Å². The first-order valence-corrected chi connectivity index (χ1v) is 10.00. The highest BCUT2D eigenvalue weighted by Crippen LogP contribution is 2.22. The lowest BCUT2D eigenvalue weighted by molar-refractivity contribution is 0.0953. The molecule has 0 aliphatic heterocycles. The summed E-state index contributed by atoms with van der Waals surface area (Å²) in [5, 5.41) is 4.49. The van der Waals surface area contributed by atoms with Gasteiger partial charge in [-0.05, 0) is 46.4 Å². The Kier molecular flexibility index (Phi) is 6.53. The zero-order valence-electron chi connectivity index (χ0n) is 17.2. The molecule has 0 radical (unpaired) electrons. The molecule has 1 amide bonds. The molecule has 5 nitrogen and oxygen atoms in total. The van der Waals surface area contributed by atoms with Crippen LogP contribution in [0.15, 0.2) is 76.8 Å². The molecule has 0 unspecified atom stereocenters. The zero-order valence-corrected chi connectivity index (χ0v) is 18.0. The number of nitrogens with one attached hydrogen (secondary N) is 1. The highest BCUT2D eigenvalue weighted by molar-refractivity contribution is 6.30. The summed E-state index contributed by atoms with van der Waals surface area (Å²) in [6.07, 6.45) is 3.15. The molecule has 30 heavy (non-hydrogen) atoms. The van der Waals surface area contributed by atoms with Crippen LogP contribution in [-0.2, 0) is 12.0 Å². The number of benzene rings is 2. The largest absolute Gasteiger partial charge is 0.310 e. The molecule has 6 heteroatoms. The maximum Gasteiger partial charge on any atom is 0.276 e. The Morgan fingerprint density at radius 1 is 1.10 bits per heavy atom. The Morgan fingerprint density at radius 3 is 2.50 bits per heavy atom. The van der Waals surface area contributed by atoms with Gasteiger partial charge in [0, 0.05) is 11.2 Å². The summed E-state index contributed by atoms with van der Waals surface area (Å²) < 4.78 is 1.52. The highest BCUT2D eigenvalue weighted by Gasteiger charge is 2.14. The van der Waals surface area contributed by atoms with Gasteiger partial charge in [0.25, 0.3) is 11.5 Å². The number of carbonyl (C=O) groups is 1. The molecule has 1 aromatic heterocycles. The Morgan fingerprint density at radius 2 is 1.83 bits per heavy atom. The molecular formula is C24H24ClN3O2. The topological polar surface area (TPSA) is 63.5 Å². The van der Waals surface area contributed by atoms with Crippen molar-refractivity contribution in [1.82, 2.24) is 9.99 Å². The van der Waals surface area contributed by atoms with Crippen molar-refractivity contribution in [3.63, 3.8) is 0 Å². The molecule has 2 aromatic carbocycles. The molecule has 0 saturated heterocycles. The molecule has 154 valence electrons. The van der Waals surface area contributed by atoms with E-state index in [0.29, 0.717) is 11.6 Å². The second kappa shape index (κ2) is 9.09. The molecule has 0 spiro atoms. The third-order valence-electron chi connectivity index (χ3n) is 4.67. The lowest BCUT2D eigenvalue weighted by Crippen LogP contribution is -2.30. The molecule has 0 saturated carbocycles. The Bertz CT molecular complexity index is 1130. The first-order chi connectivity index (χ1) is 14.2. The number of carbonyl (C=O) groups excluding carboxylic acids is 1. The van der Waals surface area contributed by atoms with Crippen LogP contribution in [-0.4, -0.2) is 16.7 Å². The van der Waals surface area contributed by atoms with E-state index >= 15 is 0 Å². The van der Waals surface area contributed by atoms with Crippen LogP contribution in [0, 0.1) is 0 Å². The zero-order chi connectivity index (χ0) is 21.7. The van der Waals surface area contributed by atoms with Crippen LogP contribution in [0.4, 0.5) is 0 Å². The summed E-state index contributed by atoms with van der Waals surface area (Å²) >= 11 is 5.92. The summed E-state index contributed by atoms with van der Waals surface area (Å²) in [5.74, 6) is -0.560. The Labute approximate surface area is 181 Å². The molecule has 0 fully saturated rings. The number of hydrogen-bond donors (Lipinski definition) is 1. The fourth-order valence-electron chi connectivity index (χ4n) is 2.95. The van der Waals surface area contributed by atoms with Gasteiger partial charge in [-0.1, -0.05) is 68.8 Å². The lowest BCUT2D eigenvalue weighted by atomic mass is 9.87. The van der Waals surface area contributed by atoms with Gasteiger partial charge < -0.3 is 4.57 Å². The van der Waals surface area contributed by atoms with E-state index < -0.39 is 5.91 Å². The number of hydrogen-bond acceptors (Lipinski definition) is 3. The number of halogens is 1. The molecule has 0 atom stereocenters. The predicted octanol–water partition coefficient (Wildman–Crippen LogP) is 4.61. The summed E-state index contributed by atoms with van der Waals surface area (Å²) in [6, 6.07) is 18.4. The van der Waals surface area contributed by atoms with E-state index in [2.05, 4.69) is 43.4 Å². The Hall–Kier alpha value is -3.18. The van der Waals surface area contributed by atoms with Crippen molar-refractivity contribution in [2.45, 2.75) is 32.7 Å². The summed E-state index contributed by atoms with van der Waals surface area (Å²) in [4.78, 5) is 25.2. The first-order valence-electron chi connectivity index (χ1n) is 9.62. The van der Waals surface area contributed by atoms with E-state index in [1.807, 2.05) is 18.2 Å². The molecule has 1 heterocycles. The smallest absolute Gasteiger partial charge is 0.276 e. The van der Waals surface area contributed by atoms with Crippen LogP contribution in [0.3, 0.4) is 0 Å². The highest BCUT2D eigenvalue weighted by atomic mass is 35.5. The third kappa shape index (κ3) is 5.45. The van der Waals surface area contributed by atoms with Gasteiger partial charge >= 0.3 is 0 Å². The van der Waals surface area contributed by atoms with Crippen LogP contribution < -0.4 is 11.0 Å². The van der Waals surface area contributed by atoms with Gasteiger partial charge in [0.05, 0.1) is 12.8 Å². The minimum atomic E-state index is -0.560. The number of hydrazone groups is 1. The van der Waals surface area contributed by atoms with Gasteiger partial charge in [0.2, 0.25) is 0 Å². The standard InChI is InChI=1S/C24H24ClN3O2/c1-24(2,3)19-11-9-17(10-12-19)16-28-13-5-8-21(23(28)30)22(29)27-26-15-18-6-4-7-20(25)14-18/h4-15H,16H2,1-3H3,(H,27,29)/b26-15-. The number of rotatable bonds is 5. The molecule has 0 aliphatic carbocycles. The maximum atomic E-state index is 12.8. The summed E-state index contributed by atoms with van der Waals surface area (Å²) in [7, 11) is 0. The molecule has 3 rings (SSSR count). The average molecular weight is 422 g/mol. The van der Waals surface area contributed by atoms with Crippen molar-refractivity contribution < 1.29 is 4.79 Å². The minimum Gasteiger partial charge on any atom is -0.310 e. The van der Waals surface area contributed by atoms with Crippen molar-refractivity contribution >= 4 is 23.7 Å². The summed E-state index contributed by atoms with van der Waals surface area (Å²) in [5.41, 5.74) is 5.09. The SMILES string of the molecule is CC(C)(C)c1ccc(Cn2cccc(C(=O)N/N=C\c3cccc(Cl)c3)c2=O)cc1. The second-order valence-electron chi connectivity index (χ2n) is 8.06. The van der Waals surface area contributed by atoms with Gasteiger partial charge in [-0.3, -0.25) is 9.59 Å². The number of aromatic nitrogens is 1. The molecular weight excluding hydrogens is 398 g/mol. The van der Waals surface area contributed by atoms with Gasteiger partial charge in [0.15, 0.2) is 0 Å². The van der Waals surface area contributed by atoms with E-state index in [9.17, 15) is 9.59 Å². The number of pyridine rings is 1. The quantitative estimate of drug-likeness (QED) is 0.483. The molecule has 3 aromatic rings. The molecule has 0 bridgehead atoms.